The van der Waals surface area contributed by atoms with E-state index in [4.69, 9.17) is 9.47 Å². The first-order valence-electron chi connectivity index (χ1n) is 8.71. The zero-order valence-electron chi connectivity index (χ0n) is 15.7. The number of hydrogen-bond acceptors (Lipinski definition) is 6. The van der Waals surface area contributed by atoms with Crippen LogP contribution < -0.4 is 14.8 Å². The second-order valence-electron chi connectivity index (χ2n) is 6.13. The molecule has 3 rings (SSSR count). The lowest BCUT2D eigenvalue weighted by atomic mass is 10.2. The summed E-state index contributed by atoms with van der Waals surface area (Å²) in [6.07, 6.45) is 1.36. The molecule has 2 aromatic rings. The van der Waals surface area contributed by atoms with E-state index in [2.05, 4.69) is 10.3 Å². The van der Waals surface area contributed by atoms with Gasteiger partial charge in [-0.25, -0.2) is 8.42 Å². The average Bonchev–Trinajstić information content (AvgIpc) is 3.23. The fourth-order valence-corrected chi connectivity index (χ4v) is 5.43. The first-order chi connectivity index (χ1) is 13.5. The summed E-state index contributed by atoms with van der Waals surface area (Å²) in [6, 6.07) is 6.69. The van der Waals surface area contributed by atoms with Crippen LogP contribution in [0.15, 0.2) is 35.4 Å². The molecule has 0 bridgehead atoms. The second-order valence-corrected chi connectivity index (χ2v) is 9.29. The molecule has 1 aliphatic rings. The molecule has 0 aliphatic carbocycles. The third kappa shape index (κ3) is 4.45. The van der Waals surface area contributed by atoms with Crippen molar-refractivity contribution in [3.63, 3.8) is 0 Å². The van der Waals surface area contributed by atoms with Crippen molar-refractivity contribution in [2.45, 2.75) is 11.4 Å². The van der Waals surface area contributed by atoms with Crippen LogP contribution >= 0.6 is 11.8 Å². The van der Waals surface area contributed by atoms with Crippen molar-refractivity contribution in [2.75, 3.05) is 38.8 Å². The number of benzene rings is 1. The number of hydrogen-bond donors (Lipinski definition) is 2. The first-order valence-corrected chi connectivity index (χ1v) is 11.3. The van der Waals surface area contributed by atoms with E-state index in [1.54, 1.807) is 44.2 Å². The van der Waals surface area contributed by atoms with Gasteiger partial charge in [0.15, 0.2) is 0 Å². The van der Waals surface area contributed by atoms with E-state index in [0.717, 1.165) is 17.1 Å². The minimum atomic E-state index is -3.59. The van der Waals surface area contributed by atoms with E-state index in [1.807, 2.05) is 0 Å². The number of thioether (sulfide) groups is 1. The third-order valence-corrected chi connectivity index (χ3v) is 7.26. The van der Waals surface area contributed by atoms with Crippen LogP contribution in [0, 0.1) is 0 Å². The molecule has 1 saturated heterocycles. The summed E-state index contributed by atoms with van der Waals surface area (Å²) < 4.78 is 37.3. The summed E-state index contributed by atoms with van der Waals surface area (Å²) in [4.78, 5) is 15.3. The monoisotopic (exact) mass is 425 g/mol. The van der Waals surface area contributed by atoms with E-state index < -0.39 is 15.9 Å². The summed E-state index contributed by atoms with van der Waals surface area (Å²) in [5, 5.41) is 2.77. The van der Waals surface area contributed by atoms with Gasteiger partial charge in [0, 0.05) is 49.0 Å². The van der Waals surface area contributed by atoms with Gasteiger partial charge < -0.3 is 19.8 Å². The lowest BCUT2D eigenvalue weighted by molar-refractivity contribution is 0.0946. The van der Waals surface area contributed by atoms with E-state index in [0.29, 0.717) is 24.6 Å². The van der Waals surface area contributed by atoms with Crippen LogP contribution in [-0.2, 0) is 16.6 Å². The number of aromatic amines is 1. The van der Waals surface area contributed by atoms with Crippen LogP contribution in [0.3, 0.4) is 0 Å². The standard InChI is InChI=1S/C18H23N3O5S2/c1-25-14-4-3-13(17(9-14)26-2)11-20-18(22)16-10-15(12-19-16)28(23,24)21-5-7-27-8-6-21/h3-4,9-10,12,19H,5-8,11H2,1-2H3,(H,20,22). The number of nitrogens with zero attached hydrogens (tertiary/aromatic N) is 1. The van der Waals surface area contributed by atoms with Crippen LogP contribution in [-0.4, -0.2) is 62.4 Å². The summed E-state index contributed by atoms with van der Waals surface area (Å²) in [6.45, 7) is 1.20. The smallest absolute Gasteiger partial charge is 0.268 e. The minimum absolute atomic E-state index is 0.103. The third-order valence-electron chi connectivity index (χ3n) is 4.44. The van der Waals surface area contributed by atoms with E-state index in [1.165, 1.54) is 16.6 Å². The molecule has 10 heteroatoms. The molecule has 1 aromatic carbocycles. The number of carbonyl (C=O) groups is 1. The molecule has 28 heavy (non-hydrogen) atoms. The van der Waals surface area contributed by atoms with Gasteiger partial charge in [0.2, 0.25) is 10.0 Å². The number of methoxy groups -OCH3 is 2. The molecule has 0 radical (unpaired) electrons. The molecule has 2 heterocycles. The Kier molecular flexibility index (Phi) is 6.53. The summed E-state index contributed by atoms with van der Waals surface area (Å²) >= 11 is 1.73. The maximum atomic E-state index is 12.7. The summed E-state index contributed by atoms with van der Waals surface area (Å²) in [5.41, 5.74) is 0.972. The maximum absolute atomic E-state index is 12.7. The van der Waals surface area contributed by atoms with Gasteiger partial charge in [-0.3, -0.25) is 4.79 Å². The topological polar surface area (TPSA) is 101 Å². The number of nitrogens with one attached hydrogen (secondary N) is 2. The Morgan fingerprint density at radius 2 is 1.96 bits per heavy atom. The van der Waals surface area contributed by atoms with E-state index >= 15 is 0 Å². The quantitative estimate of drug-likeness (QED) is 0.700. The Hall–Kier alpha value is -2.17. The fraction of sp³-hybridized carbons (Fsp3) is 0.389. The van der Waals surface area contributed by atoms with E-state index in [9.17, 15) is 13.2 Å². The largest absolute Gasteiger partial charge is 0.497 e. The Morgan fingerprint density at radius 3 is 2.64 bits per heavy atom. The van der Waals surface area contributed by atoms with Gasteiger partial charge in [0.25, 0.3) is 5.91 Å². The molecule has 1 amide bonds. The van der Waals surface area contributed by atoms with Crippen molar-refractivity contribution >= 4 is 27.7 Å². The molecule has 0 unspecified atom stereocenters. The highest BCUT2D eigenvalue weighted by molar-refractivity contribution is 7.99. The number of carbonyl (C=O) groups excluding carboxylic acids is 1. The maximum Gasteiger partial charge on any atom is 0.268 e. The number of sulfonamides is 1. The predicted octanol–water partition coefficient (Wildman–Crippen LogP) is 1.70. The molecule has 152 valence electrons. The molecule has 0 saturated carbocycles. The summed E-state index contributed by atoms with van der Waals surface area (Å²) in [7, 11) is -0.477. The van der Waals surface area contributed by atoms with Crippen LogP contribution in [0.1, 0.15) is 16.1 Å². The average molecular weight is 426 g/mol. The zero-order chi connectivity index (χ0) is 20.1. The highest BCUT2D eigenvalue weighted by Gasteiger charge is 2.27. The zero-order valence-corrected chi connectivity index (χ0v) is 17.4. The molecule has 0 atom stereocenters. The van der Waals surface area contributed by atoms with Gasteiger partial charge in [-0.1, -0.05) is 0 Å². The van der Waals surface area contributed by atoms with Crippen molar-refractivity contribution < 1.29 is 22.7 Å². The van der Waals surface area contributed by atoms with E-state index in [-0.39, 0.29) is 17.1 Å². The molecule has 1 fully saturated rings. The normalized spacial score (nSPS) is 15.2. The second kappa shape index (κ2) is 8.89. The van der Waals surface area contributed by atoms with Crippen LogP contribution in [0.2, 0.25) is 0 Å². The minimum Gasteiger partial charge on any atom is -0.497 e. The van der Waals surface area contributed by atoms with Gasteiger partial charge in [-0.05, 0) is 18.2 Å². The predicted molar refractivity (Wildman–Crippen MR) is 108 cm³/mol. The molecule has 1 aliphatic heterocycles. The highest BCUT2D eigenvalue weighted by Crippen LogP contribution is 2.25. The van der Waals surface area contributed by atoms with Gasteiger partial charge >= 0.3 is 0 Å². The van der Waals surface area contributed by atoms with Crippen LogP contribution in [0.5, 0.6) is 11.5 Å². The van der Waals surface area contributed by atoms with Crippen molar-refractivity contribution in [3.8, 4) is 11.5 Å². The first kappa shape index (κ1) is 20.6. The molecule has 1 aromatic heterocycles. The summed E-state index contributed by atoms with van der Waals surface area (Å²) in [5.74, 6) is 2.41. The van der Waals surface area contributed by atoms with Gasteiger partial charge in [-0.2, -0.15) is 16.1 Å². The van der Waals surface area contributed by atoms with Gasteiger partial charge in [0.1, 0.15) is 22.1 Å². The fourth-order valence-electron chi connectivity index (χ4n) is 2.86. The van der Waals surface area contributed by atoms with Crippen LogP contribution in [0.25, 0.3) is 0 Å². The number of H-pyrrole nitrogens is 1. The Morgan fingerprint density at radius 1 is 1.21 bits per heavy atom. The Labute approximate surface area is 168 Å². The van der Waals surface area contributed by atoms with Gasteiger partial charge in [0.05, 0.1) is 14.2 Å². The SMILES string of the molecule is COc1ccc(CNC(=O)c2cc(S(=O)(=O)N3CCSCC3)c[nH]2)c(OC)c1. The lowest BCUT2D eigenvalue weighted by Crippen LogP contribution is -2.37. The Bertz CT molecular complexity index is 936. The van der Waals surface area contributed by atoms with Crippen molar-refractivity contribution in [1.29, 1.82) is 0 Å². The van der Waals surface area contributed by atoms with Crippen LogP contribution in [0.4, 0.5) is 0 Å². The van der Waals surface area contributed by atoms with Crippen molar-refractivity contribution in [2.24, 2.45) is 0 Å². The number of rotatable bonds is 7. The highest BCUT2D eigenvalue weighted by atomic mass is 32.2. The number of aromatic nitrogens is 1. The lowest BCUT2D eigenvalue weighted by Gasteiger charge is -2.24. The molecule has 8 nitrogen and oxygen atoms in total. The number of ether oxygens (including phenoxy) is 2. The molecule has 0 spiro atoms. The van der Waals surface area contributed by atoms with Gasteiger partial charge in [-0.15, -0.1) is 0 Å². The molecule has 2 N–H and O–H groups in total. The van der Waals surface area contributed by atoms with Crippen molar-refractivity contribution in [3.05, 3.63) is 41.7 Å². The molecular weight excluding hydrogens is 402 g/mol. The Balaban J connectivity index is 1.68. The van der Waals surface area contributed by atoms with Crippen molar-refractivity contribution in [1.82, 2.24) is 14.6 Å². The molecular formula is C18H23N3O5S2. The number of amides is 1.